The molecular formula is C14H29Cl2N3O2. The van der Waals surface area contributed by atoms with Crippen LogP contribution in [0.15, 0.2) is 0 Å². The maximum absolute atomic E-state index is 12.2. The zero-order chi connectivity index (χ0) is 13.7. The third kappa shape index (κ3) is 7.15. The molecule has 2 rings (SSSR count). The van der Waals surface area contributed by atoms with Crippen LogP contribution in [0.1, 0.15) is 19.3 Å². The molecule has 2 saturated heterocycles. The third-order valence-corrected chi connectivity index (χ3v) is 4.10. The molecule has 2 fully saturated rings. The number of amides is 1. The molecule has 126 valence electrons. The van der Waals surface area contributed by atoms with E-state index in [9.17, 15) is 4.79 Å². The molecule has 2 aliphatic heterocycles. The van der Waals surface area contributed by atoms with Gasteiger partial charge in [0.2, 0.25) is 5.91 Å². The molecule has 7 heteroatoms. The Morgan fingerprint density at radius 1 is 1.43 bits per heavy atom. The van der Waals surface area contributed by atoms with E-state index in [1.165, 1.54) is 19.4 Å². The van der Waals surface area contributed by atoms with Crippen LogP contribution in [-0.2, 0) is 9.53 Å². The Morgan fingerprint density at radius 3 is 2.81 bits per heavy atom. The summed E-state index contributed by atoms with van der Waals surface area (Å²) in [6.07, 6.45) is 3.05. The highest BCUT2D eigenvalue weighted by molar-refractivity contribution is 5.85. The molecule has 2 heterocycles. The Morgan fingerprint density at radius 2 is 2.19 bits per heavy atom. The van der Waals surface area contributed by atoms with Gasteiger partial charge in [-0.2, -0.15) is 0 Å². The summed E-state index contributed by atoms with van der Waals surface area (Å²) in [5.41, 5.74) is 0. The number of nitrogens with one attached hydrogen (secondary N) is 1. The van der Waals surface area contributed by atoms with Gasteiger partial charge in [-0.05, 0) is 32.4 Å². The first-order valence-electron chi connectivity index (χ1n) is 7.39. The van der Waals surface area contributed by atoms with Crippen LogP contribution in [0.2, 0.25) is 0 Å². The van der Waals surface area contributed by atoms with Crippen LogP contribution in [-0.4, -0.2) is 75.2 Å². The molecule has 1 amide bonds. The summed E-state index contributed by atoms with van der Waals surface area (Å²) in [6.45, 7) is 5.46. The van der Waals surface area contributed by atoms with Gasteiger partial charge in [0.25, 0.3) is 0 Å². The summed E-state index contributed by atoms with van der Waals surface area (Å²) < 4.78 is 5.39. The van der Waals surface area contributed by atoms with Crippen LogP contribution < -0.4 is 5.32 Å². The lowest BCUT2D eigenvalue weighted by Gasteiger charge is -2.33. The first-order chi connectivity index (χ1) is 9.15. The number of morpholine rings is 1. The molecule has 2 aliphatic rings. The lowest BCUT2D eigenvalue weighted by molar-refractivity contribution is -0.131. The van der Waals surface area contributed by atoms with Crippen molar-refractivity contribution in [2.75, 3.05) is 53.5 Å². The maximum Gasteiger partial charge on any atom is 0.223 e. The molecule has 0 aromatic heterocycles. The predicted octanol–water partition coefficient (Wildman–Crippen LogP) is 1.01. The van der Waals surface area contributed by atoms with Gasteiger partial charge in [0.05, 0.1) is 13.2 Å². The van der Waals surface area contributed by atoms with Crippen molar-refractivity contribution in [3.63, 3.8) is 0 Å². The van der Waals surface area contributed by atoms with Crippen molar-refractivity contribution in [1.29, 1.82) is 0 Å². The fourth-order valence-corrected chi connectivity index (χ4v) is 3.03. The number of nitrogens with zero attached hydrogens (tertiary/aromatic N) is 2. The van der Waals surface area contributed by atoms with E-state index in [1.54, 1.807) is 0 Å². The third-order valence-electron chi connectivity index (χ3n) is 4.10. The van der Waals surface area contributed by atoms with Crippen molar-refractivity contribution >= 4 is 30.7 Å². The van der Waals surface area contributed by atoms with E-state index >= 15 is 0 Å². The molecule has 2 unspecified atom stereocenters. The van der Waals surface area contributed by atoms with E-state index in [0.29, 0.717) is 18.9 Å². The first kappa shape index (κ1) is 20.9. The number of hydrogen-bond donors (Lipinski definition) is 1. The van der Waals surface area contributed by atoms with Crippen LogP contribution in [0.4, 0.5) is 0 Å². The van der Waals surface area contributed by atoms with Gasteiger partial charge in [0.15, 0.2) is 0 Å². The molecule has 0 spiro atoms. The lowest BCUT2D eigenvalue weighted by Crippen LogP contribution is -2.46. The quantitative estimate of drug-likeness (QED) is 0.828. The van der Waals surface area contributed by atoms with Crippen molar-refractivity contribution in [3.8, 4) is 0 Å². The fraction of sp³-hybridized carbons (Fsp3) is 0.929. The predicted molar refractivity (Wildman–Crippen MR) is 89.6 cm³/mol. The largest absolute Gasteiger partial charge is 0.378 e. The number of carbonyl (C=O) groups excluding carboxylic acids is 1. The zero-order valence-electron chi connectivity index (χ0n) is 13.0. The van der Waals surface area contributed by atoms with E-state index in [2.05, 4.69) is 17.3 Å². The molecule has 21 heavy (non-hydrogen) atoms. The van der Waals surface area contributed by atoms with E-state index in [1.807, 2.05) is 11.9 Å². The molecule has 0 aromatic carbocycles. The Hall–Kier alpha value is -0.0700. The van der Waals surface area contributed by atoms with Crippen molar-refractivity contribution in [2.24, 2.45) is 5.92 Å². The highest BCUT2D eigenvalue weighted by atomic mass is 35.5. The van der Waals surface area contributed by atoms with E-state index in [4.69, 9.17) is 4.74 Å². The Labute approximate surface area is 140 Å². The van der Waals surface area contributed by atoms with Gasteiger partial charge in [-0.25, -0.2) is 0 Å². The maximum atomic E-state index is 12.2. The Bertz CT molecular complexity index is 302. The number of carbonyl (C=O) groups is 1. The molecule has 1 N–H and O–H groups in total. The molecule has 0 aliphatic carbocycles. The fourth-order valence-electron chi connectivity index (χ4n) is 3.03. The second kappa shape index (κ2) is 10.6. The van der Waals surface area contributed by atoms with Crippen molar-refractivity contribution in [1.82, 2.24) is 15.1 Å². The minimum atomic E-state index is 0. The number of likely N-dealkylation sites (tertiary alicyclic amines) is 1. The standard InChI is InChI=1S/C14H27N3O2.2ClH/c1-16-6-3-4-12(9-16)10-17(2)14(18)8-13-11-19-7-5-15-13;;/h12-13,15H,3-11H2,1-2H3;2*1H. The summed E-state index contributed by atoms with van der Waals surface area (Å²) in [6, 6.07) is 0.192. The van der Waals surface area contributed by atoms with Crippen LogP contribution in [0.5, 0.6) is 0 Å². The van der Waals surface area contributed by atoms with Crippen molar-refractivity contribution in [3.05, 3.63) is 0 Å². The summed E-state index contributed by atoms with van der Waals surface area (Å²) in [5.74, 6) is 0.861. The van der Waals surface area contributed by atoms with Gasteiger partial charge in [0.1, 0.15) is 0 Å². The number of halogens is 2. The van der Waals surface area contributed by atoms with Gasteiger partial charge >= 0.3 is 0 Å². The van der Waals surface area contributed by atoms with Crippen molar-refractivity contribution in [2.45, 2.75) is 25.3 Å². The molecule has 2 atom stereocenters. The normalized spacial score (nSPS) is 26.4. The second-order valence-corrected chi connectivity index (χ2v) is 5.97. The smallest absolute Gasteiger partial charge is 0.223 e. The summed E-state index contributed by atoms with van der Waals surface area (Å²) >= 11 is 0. The average molecular weight is 342 g/mol. The molecule has 0 aromatic rings. The molecule has 0 radical (unpaired) electrons. The number of rotatable bonds is 4. The van der Waals surface area contributed by atoms with Gasteiger partial charge in [0, 0.05) is 39.1 Å². The first-order valence-corrected chi connectivity index (χ1v) is 7.39. The molecule has 0 bridgehead atoms. The van der Waals surface area contributed by atoms with E-state index < -0.39 is 0 Å². The van der Waals surface area contributed by atoms with Crippen LogP contribution in [0, 0.1) is 5.92 Å². The van der Waals surface area contributed by atoms with Crippen molar-refractivity contribution < 1.29 is 9.53 Å². The van der Waals surface area contributed by atoms with Crippen LogP contribution >= 0.6 is 24.8 Å². The molecule has 5 nitrogen and oxygen atoms in total. The number of piperidine rings is 1. The summed E-state index contributed by atoms with van der Waals surface area (Å²) in [4.78, 5) is 16.5. The second-order valence-electron chi connectivity index (χ2n) is 5.97. The Balaban J connectivity index is 0.00000200. The number of ether oxygens (including phenoxy) is 1. The SMILES string of the molecule is CN1CCCC(CN(C)C(=O)CC2COCCN2)C1.Cl.Cl. The lowest BCUT2D eigenvalue weighted by atomic mass is 9.98. The zero-order valence-corrected chi connectivity index (χ0v) is 14.7. The van der Waals surface area contributed by atoms with Gasteiger partial charge in [-0.3, -0.25) is 4.79 Å². The van der Waals surface area contributed by atoms with Gasteiger partial charge < -0.3 is 19.9 Å². The minimum Gasteiger partial charge on any atom is -0.378 e. The van der Waals surface area contributed by atoms with E-state index in [0.717, 1.165) is 26.2 Å². The van der Waals surface area contributed by atoms with Crippen LogP contribution in [0.25, 0.3) is 0 Å². The highest BCUT2D eigenvalue weighted by Crippen LogP contribution is 2.16. The van der Waals surface area contributed by atoms with Gasteiger partial charge in [-0.15, -0.1) is 24.8 Å². The van der Waals surface area contributed by atoms with Gasteiger partial charge in [-0.1, -0.05) is 0 Å². The topological polar surface area (TPSA) is 44.8 Å². The summed E-state index contributed by atoms with van der Waals surface area (Å²) in [7, 11) is 4.10. The minimum absolute atomic E-state index is 0. The Kier molecular flexibility index (Phi) is 10.6. The van der Waals surface area contributed by atoms with Crippen LogP contribution in [0.3, 0.4) is 0 Å². The highest BCUT2D eigenvalue weighted by Gasteiger charge is 2.23. The monoisotopic (exact) mass is 341 g/mol. The average Bonchev–Trinajstić information content (AvgIpc) is 2.40. The summed E-state index contributed by atoms with van der Waals surface area (Å²) in [5, 5.41) is 3.33. The molecule has 0 saturated carbocycles. The number of hydrogen-bond acceptors (Lipinski definition) is 4. The molecular weight excluding hydrogens is 313 g/mol. The van der Waals surface area contributed by atoms with E-state index in [-0.39, 0.29) is 36.8 Å².